The molecule has 0 amide bonds. The Kier molecular flexibility index (Phi) is 6.20. The quantitative estimate of drug-likeness (QED) is 0.410. The second-order valence-corrected chi connectivity index (χ2v) is 7.95. The number of rotatable bonds is 8. The molecule has 0 aliphatic heterocycles. The number of pyridine rings is 1. The molecular formula is C21H23BrN8. The fraction of sp³-hybridized carbons (Fsp3) is 0.238. The van der Waals surface area contributed by atoms with Gasteiger partial charge in [-0.2, -0.15) is 19.6 Å². The molecule has 4 aromatic rings. The summed E-state index contributed by atoms with van der Waals surface area (Å²) in [5.41, 5.74) is 3.90. The monoisotopic (exact) mass is 466 g/mol. The number of halogens is 1. The van der Waals surface area contributed by atoms with Crippen molar-refractivity contribution in [3.63, 3.8) is 0 Å². The van der Waals surface area contributed by atoms with E-state index in [0.29, 0.717) is 24.1 Å². The number of benzene rings is 1. The Labute approximate surface area is 183 Å². The number of anilines is 2. The van der Waals surface area contributed by atoms with Gasteiger partial charge in [-0.1, -0.05) is 30.3 Å². The van der Waals surface area contributed by atoms with Gasteiger partial charge in [-0.3, -0.25) is 4.98 Å². The van der Waals surface area contributed by atoms with E-state index < -0.39 is 0 Å². The molecule has 0 saturated heterocycles. The number of hydrogen-bond donors (Lipinski definition) is 2. The third-order valence-electron chi connectivity index (χ3n) is 4.53. The fourth-order valence-electron chi connectivity index (χ4n) is 2.94. The molecule has 0 saturated carbocycles. The molecule has 1 aromatic carbocycles. The lowest BCUT2D eigenvalue weighted by Gasteiger charge is -2.13. The highest BCUT2D eigenvalue weighted by molar-refractivity contribution is 9.10. The summed E-state index contributed by atoms with van der Waals surface area (Å²) in [4.78, 5) is 15.7. The first kappa shape index (κ1) is 20.2. The molecule has 0 unspecified atom stereocenters. The van der Waals surface area contributed by atoms with E-state index in [1.807, 2.05) is 32.3 Å². The van der Waals surface area contributed by atoms with Crippen molar-refractivity contribution in [1.82, 2.24) is 29.5 Å². The van der Waals surface area contributed by atoms with Crippen LogP contribution in [0.3, 0.4) is 0 Å². The van der Waals surface area contributed by atoms with Gasteiger partial charge in [-0.15, -0.1) is 0 Å². The Balaban J connectivity index is 1.50. The third kappa shape index (κ3) is 4.74. The number of fused-ring (bicyclic) bond motifs is 1. The van der Waals surface area contributed by atoms with Crippen LogP contribution in [0.25, 0.3) is 16.9 Å². The summed E-state index contributed by atoms with van der Waals surface area (Å²) in [5.74, 6) is 1.20. The highest BCUT2D eigenvalue weighted by Gasteiger charge is 2.12. The lowest BCUT2D eigenvalue weighted by molar-refractivity contribution is 0.425. The van der Waals surface area contributed by atoms with Gasteiger partial charge in [-0.25, -0.2) is 0 Å². The summed E-state index contributed by atoms with van der Waals surface area (Å²) in [6, 6.07) is 14.2. The van der Waals surface area contributed by atoms with Crippen molar-refractivity contribution in [3.05, 3.63) is 64.9 Å². The molecule has 0 bridgehead atoms. The molecule has 3 aromatic heterocycles. The first-order valence-corrected chi connectivity index (χ1v) is 10.4. The Hall–Kier alpha value is -3.04. The van der Waals surface area contributed by atoms with Crippen molar-refractivity contribution in [2.45, 2.75) is 6.54 Å². The molecule has 8 nitrogen and oxygen atoms in total. The van der Waals surface area contributed by atoms with Crippen LogP contribution in [-0.2, 0) is 6.54 Å². The predicted octanol–water partition coefficient (Wildman–Crippen LogP) is 3.53. The molecule has 30 heavy (non-hydrogen) atoms. The lowest BCUT2D eigenvalue weighted by Crippen LogP contribution is -2.22. The minimum absolute atomic E-state index is 0.568. The molecule has 0 aliphatic rings. The summed E-state index contributed by atoms with van der Waals surface area (Å²) in [5, 5.41) is 11.0. The van der Waals surface area contributed by atoms with Crippen LogP contribution in [0.4, 0.5) is 11.9 Å². The highest BCUT2D eigenvalue weighted by Crippen LogP contribution is 2.21. The Bertz CT molecular complexity index is 1110. The average molecular weight is 467 g/mol. The van der Waals surface area contributed by atoms with Gasteiger partial charge < -0.3 is 15.5 Å². The van der Waals surface area contributed by atoms with Gasteiger partial charge in [-0.05, 0) is 47.7 Å². The van der Waals surface area contributed by atoms with Gasteiger partial charge in [0.05, 0.1) is 16.4 Å². The van der Waals surface area contributed by atoms with E-state index in [4.69, 9.17) is 0 Å². The van der Waals surface area contributed by atoms with Crippen LogP contribution in [0.1, 0.15) is 5.56 Å². The number of nitrogens with one attached hydrogen (secondary N) is 2. The normalized spacial score (nSPS) is 11.2. The molecular weight excluding hydrogens is 444 g/mol. The van der Waals surface area contributed by atoms with Crippen molar-refractivity contribution in [2.24, 2.45) is 0 Å². The fourth-order valence-corrected chi connectivity index (χ4v) is 3.29. The number of nitrogens with zero attached hydrogens (tertiary/aromatic N) is 6. The molecule has 154 valence electrons. The summed E-state index contributed by atoms with van der Waals surface area (Å²) in [6.45, 7) is 2.26. The number of likely N-dealkylation sites (N-methyl/N-ethyl adjacent to an activating group) is 1. The second kappa shape index (κ2) is 9.19. The van der Waals surface area contributed by atoms with E-state index in [1.165, 1.54) is 0 Å². The molecule has 0 aliphatic carbocycles. The molecule has 0 radical (unpaired) electrons. The maximum absolute atomic E-state index is 4.61. The van der Waals surface area contributed by atoms with Crippen LogP contribution >= 0.6 is 15.9 Å². The first-order valence-electron chi connectivity index (χ1n) is 9.64. The minimum atomic E-state index is 0.568. The van der Waals surface area contributed by atoms with E-state index in [9.17, 15) is 0 Å². The second-order valence-electron chi connectivity index (χ2n) is 7.09. The van der Waals surface area contributed by atoms with Crippen LogP contribution in [0, 0.1) is 0 Å². The van der Waals surface area contributed by atoms with E-state index in [-0.39, 0.29) is 0 Å². The maximum Gasteiger partial charge on any atom is 0.229 e. The van der Waals surface area contributed by atoms with Crippen molar-refractivity contribution < 1.29 is 0 Å². The van der Waals surface area contributed by atoms with Gasteiger partial charge >= 0.3 is 0 Å². The van der Waals surface area contributed by atoms with Gasteiger partial charge in [0.15, 0.2) is 5.65 Å². The zero-order valence-corrected chi connectivity index (χ0v) is 18.5. The van der Waals surface area contributed by atoms with Gasteiger partial charge in [0.1, 0.15) is 0 Å². The summed E-state index contributed by atoms with van der Waals surface area (Å²) >= 11 is 3.51. The van der Waals surface area contributed by atoms with E-state index in [1.54, 1.807) is 16.9 Å². The van der Waals surface area contributed by atoms with E-state index in [0.717, 1.165) is 34.4 Å². The molecule has 0 atom stereocenters. The smallest absolute Gasteiger partial charge is 0.229 e. The number of aromatic nitrogens is 5. The van der Waals surface area contributed by atoms with Crippen LogP contribution in [-0.4, -0.2) is 56.7 Å². The zero-order chi connectivity index (χ0) is 20.9. The highest BCUT2D eigenvalue weighted by atomic mass is 79.9. The zero-order valence-electron chi connectivity index (χ0n) is 16.9. The lowest BCUT2D eigenvalue weighted by atomic mass is 10.1. The van der Waals surface area contributed by atoms with Crippen molar-refractivity contribution in [2.75, 3.05) is 37.8 Å². The standard InChI is InChI=1S/C21H23BrN8/c1-29(2)12-11-24-20-27-19-17(22)14-26-30(19)21(28-20)25-13-15-6-8-16(9-7-15)18-5-3-4-10-23-18/h3-10,14H,11-13H2,1-2H3,(H2,24,25,27,28). The molecule has 4 rings (SSSR count). The summed E-state index contributed by atoms with van der Waals surface area (Å²) in [6.07, 6.45) is 3.53. The SMILES string of the molecule is CN(C)CCNc1nc(NCc2ccc(-c3ccccn3)cc2)n2ncc(Br)c2n1. The van der Waals surface area contributed by atoms with Crippen molar-refractivity contribution >= 4 is 33.5 Å². The molecule has 2 N–H and O–H groups in total. The van der Waals surface area contributed by atoms with Crippen molar-refractivity contribution in [3.8, 4) is 11.3 Å². The Morgan fingerprint density at radius 1 is 1.03 bits per heavy atom. The van der Waals surface area contributed by atoms with E-state index >= 15 is 0 Å². The third-order valence-corrected chi connectivity index (χ3v) is 5.09. The Morgan fingerprint density at radius 3 is 2.60 bits per heavy atom. The molecule has 9 heteroatoms. The molecule has 3 heterocycles. The van der Waals surface area contributed by atoms with Crippen molar-refractivity contribution in [1.29, 1.82) is 0 Å². The van der Waals surface area contributed by atoms with Crippen LogP contribution in [0.2, 0.25) is 0 Å². The van der Waals surface area contributed by atoms with Gasteiger partial charge in [0.25, 0.3) is 0 Å². The largest absolute Gasteiger partial charge is 0.353 e. The Morgan fingerprint density at radius 2 is 1.87 bits per heavy atom. The topological polar surface area (TPSA) is 83.3 Å². The molecule has 0 fully saturated rings. The number of hydrogen-bond acceptors (Lipinski definition) is 7. The van der Waals surface area contributed by atoms with Crippen LogP contribution in [0.15, 0.2) is 59.3 Å². The minimum Gasteiger partial charge on any atom is -0.353 e. The van der Waals surface area contributed by atoms with E-state index in [2.05, 4.69) is 75.8 Å². The average Bonchev–Trinajstić information content (AvgIpc) is 3.14. The maximum atomic E-state index is 4.61. The van der Waals surface area contributed by atoms with Crippen LogP contribution in [0.5, 0.6) is 0 Å². The first-order chi connectivity index (χ1) is 14.6. The van der Waals surface area contributed by atoms with Gasteiger partial charge in [0, 0.05) is 31.4 Å². The summed E-state index contributed by atoms with van der Waals surface area (Å²) in [7, 11) is 4.07. The van der Waals surface area contributed by atoms with Crippen LogP contribution < -0.4 is 10.6 Å². The summed E-state index contributed by atoms with van der Waals surface area (Å²) < 4.78 is 2.52. The predicted molar refractivity (Wildman–Crippen MR) is 123 cm³/mol. The molecule has 0 spiro atoms. The van der Waals surface area contributed by atoms with Gasteiger partial charge in [0.2, 0.25) is 11.9 Å².